The number of fused-ring (bicyclic) bond motifs is 1. The topological polar surface area (TPSA) is 53.5 Å². The zero-order valence-corrected chi connectivity index (χ0v) is 17.6. The van der Waals surface area contributed by atoms with E-state index in [1.165, 1.54) is 11.1 Å². The van der Waals surface area contributed by atoms with Crippen molar-refractivity contribution >= 4 is 11.8 Å². The Kier molecular flexibility index (Phi) is 6.77. The molecule has 2 aromatic rings. The molecule has 1 saturated heterocycles. The van der Waals surface area contributed by atoms with Crippen molar-refractivity contribution in [1.82, 2.24) is 14.8 Å². The molecule has 5 heteroatoms. The van der Waals surface area contributed by atoms with Gasteiger partial charge in [-0.15, -0.1) is 0 Å². The minimum absolute atomic E-state index is 0.110. The number of likely N-dealkylation sites (tertiary alicyclic amines) is 1. The molecule has 1 aromatic heterocycles. The van der Waals surface area contributed by atoms with Crippen LogP contribution in [0.5, 0.6) is 0 Å². The van der Waals surface area contributed by atoms with Crippen LogP contribution >= 0.6 is 0 Å². The van der Waals surface area contributed by atoms with E-state index >= 15 is 0 Å². The molecule has 0 spiro atoms. The molecule has 2 amide bonds. The van der Waals surface area contributed by atoms with Gasteiger partial charge in [0.15, 0.2) is 0 Å². The number of carbonyl (C=O) groups excluding carboxylic acids is 2. The van der Waals surface area contributed by atoms with Gasteiger partial charge in [-0.1, -0.05) is 30.3 Å². The molecule has 2 aliphatic rings. The first-order valence-electron chi connectivity index (χ1n) is 11.3. The third kappa shape index (κ3) is 4.89. The quantitative estimate of drug-likeness (QED) is 0.691. The Hall–Kier alpha value is -2.69. The summed E-state index contributed by atoms with van der Waals surface area (Å²) >= 11 is 0. The first kappa shape index (κ1) is 20.6. The van der Waals surface area contributed by atoms with Gasteiger partial charge in [0, 0.05) is 44.9 Å². The SMILES string of the molecule is O=C1CCCCN1CCCC(=O)N(Cc1cccnc1)C1CCCc2ccccc21. The van der Waals surface area contributed by atoms with Crippen LogP contribution in [0.15, 0.2) is 48.8 Å². The summed E-state index contributed by atoms with van der Waals surface area (Å²) < 4.78 is 0. The van der Waals surface area contributed by atoms with Crippen LogP contribution in [0.25, 0.3) is 0 Å². The van der Waals surface area contributed by atoms with E-state index in [1.54, 1.807) is 6.20 Å². The Balaban J connectivity index is 1.47. The van der Waals surface area contributed by atoms with Crippen LogP contribution in [-0.2, 0) is 22.6 Å². The van der Waals surface area contributed by atoms with Crippen molar-refractivity contribution in [3.63, 3.8) is 0 Å². The molecule has 1 fully saturated rings. The standard InChI is InChI=1S/C25H31N3O2/c29-24-13-3-4-16-27(24)17-7-14-25(30)28(19-20-8-6-15-26-18-20)23-12-5-10-21-9-1-2-11-22(21)23/h1-2,6,8-9,11,15,18,23H,3-5,7,10,12-14,16-17,19H2. The molecule has 0 bridgehead atoms. The van der Waals surface area contributed by atoms with Crippen molar-refractivity contribution in [2.24, 2.45) is 0 Å². The molecule has 4 rings (SSSR count). The third-order valence-corrected chi connectivity index (χ3v) is 6.35. The second-order valence-corrected chi connectivity index (χ2v) is 8.43. The van der Waals surface area contributed by atoms with Gasteiger partial charge in [-0.3, -0.25) is 14.6 Å². The van der Waals surface area contributed by atoms with Crippen LogP contribution in [0.2, 0.25) is 0 Å². The largest absolute Gasteiger partial charge is 0.343 e. The third-order valence-electron chi connectivity index (χ3n) is 6.35. The van der Waals surface area contributed by atoms with Gasteiger partial charge in [-0.2, -0.15) is 0 Å². The molecule has 1 aliphatic carbocycles. The van der Waals surface area contributed by atoms with Crippen LogP contribution in [0.3, 0.4) is 0 Å². The van der Waals surface area contributed by atoms with Crippen LogP contribution in [0.4, 0.5) is 0 Å². The van der Waals surface area contributed by atoms with Crippen molar-refractivity contribution < 1.29 is 9.59 Å². The van der Waals surface area contributed by atoms with E-state index in [0.29, 0.717) is 25.9 Å². The smallest absolute Gasteiger partial charge is 0.223 e. The lowest BCUT2D eigenvalue weighted by Gasteiger charge is -2.36. The molecular formula is C25H31N3O2. The van der Waals surface area contributed by atoms with E-state index in [4.69, 9.17) is 0 Å². The number of hydrogen-bond donors (Lipinski definition) is 0. The van der Waals surface area contributed by atoms with E-state index in [0.717, 1.165) is 50.6 Å². The fraction of sp³-hybridized carbons (Fsp3) is 0.480. The summed E-state index contributed by atoms with van der Waals surface area (Å²) in [6.07, 6.45) is 10.7. The number of piperidine rings is 1. The van der Waals surface area contributed by atoms with E-state index < -0.39 is 0 Å². The lowest BCUT2D eigenvalue weighted by atomic mass is 9.86. The highest BCUT2D eigenvalue weighted by Gasteiger charge is 2.29. The summed E-state index contributed by atoms with van der Waals surface area (Å²) in [6.45, 7) is 2.10. The molecule has 2 heterocycles. The van der Waals surface area contributed by atoms with Crippen molar-refractivity contribution in [3.05, 3.63) is 65.5 Å². The molecular weight excluding hydrogens is 374 g/mol. The van der Waals surface area contributed by atoms with Gasteiger partial charge in [0.05, 0.1) is 6.04 Å². The van der Waals surface area contributed by atoms with Gasteiger partial charge in [-0.25, -0.2) is 0 Å². The molecule has 0 saturated carbocycles. The summed E-state index contributed by atoms with van der Waals surface area (Å²) in [4.78, 5) is 33.6. The summed E-state index contributed by atoms with van der Waals surface area (Å²) in [5, 5.41) is 0. The molecule has 1 aliphatic heterocycles. The number of hydrogen-bond acceptors (Lipinski definition) is 3. The summed E-state index contributed by atoms with van der Waals surface area (Å²) in [7, 11) is 0. The van der Waals surface area contributed by atoms with Crippen LogP contribution < -0.4 is 0 Å². The first-order chi connectivity index (χ1) is 14.7. The van der Waals surface area contributed by atoms with Crippen LogP contribution in [0.1, 0.15) is 67.7 Å². The summed E-state index contributed by atoms with van der Waals surface area (Å²) in [6, 6.07) is 12.6. The predicted molar refractivity (Wildman–Crippen MR) is 117 cm³/mol. The highest BCUT2D eigenvalue weighted by molar-refractivity contribution is 5.78. The first-order valence-corrected chi connectivity index (χ1v) is 11.3. The molecule has 158 valence electrons. The zero-order chi connectivity index (χ0) is 20.8. The Morgan fingerprint density at radius 3 is 2.83 bits per heavy atom. The fourth-order valence-electron chi connectivity index (χ4n) is 4.78. The van der Waals surface area contributed by atoms with Crippen molar-refractivity contribution in [1.29, 1.82) is 0 Å². The molecule has 0 N–H and O–H groups in total. The Morgan fingerprint density at radius 1 is 1.10 bits per heavy atom. The Bertz CT molecular complexity index is 868. The van der Waals surface area contributed by atoms with Gasteiger partial charge in [0.25, 0.3) is 0 Å². The number of aromatic nitrogens is 1. The maximum atomic E-state index is 13.4. The van der Waals surface area contributed by atoms with Crippen molar-refractivity contribution in [3.8, 4) is 0 Å². The minimum atomic E-state index is 0.110. The lowest BCUT2D eigenvalue weighted by molar-refractivity contribution is -0.137. The minimum Gasteiger partial charge on any atom is -0.343 e. The molecule has 1 aromatic carbocycles. The van der Waals surface area contributed by atoms with E-state index in [1.807, 2.05) is 28.1 Å². The van der Waals surface area contributed by atoms with Gasteiger partial charge in [0.1, 0.15) is 0 Å². The normalized spacial score (nSPS) is 18.7. The molecule has 1 atom stereocenters. The molecule has 30 heavy (non-hydrogen) atoms. The maximum absolute atomic E-state index is 13.4. The second-order valence-electron chi connectivity index (χ2n) is 8.43. The second kappa shape index (κ2) is 9.88. The average molecular weight is 406 g/mol. The number of carbonyl (C=O) groups is 2. The van der Waals surface area contributed by atoms with Gasteiger partial charge < -0.3 is 9.80 Å². The van der Waals surface area contributed by atoms with Crippen molar-refractivity contribution in [2.45, 2.75) is 64.0 Å². The number of benzene rings is 1. The molecule has 1 unspecified atom stereocenters. The molecule has 5 nitrogen and oxygen atoms in total. The van der Waals surface area contributed by atoms with Gasteiger partial charge in [-0.05, 0) is 61.3 Å². The van der Waals surface area contributed by atoms with E-state index in [-0.39, 0.29) is 17.9 Å². The Morgan fingerprint density at radius 2 is 2.00 bits per heavy atom. The number of pyridine rings is 1. The monoisotopic (exact) mass is 405 g/mol. The van der Waals surface area contributed by atoms with Crippen molar-refractivity contribution in [2.75, 3.05) is 13.1 Å². The van der Waals surface area contributed by atoms with Gasteiger partial charge in [0.2, 0.25) is 11.8 Å². The predicted octanol–water partition coefficient (Wildman–Crippen LogP) is 4.28. The van der Waals surface area contributed by atoms with Crippen LogP contribution in [0, 0.1) is 0 Å². The highest BCUT2D eigenvalue weighted by atomic mass is 16.2. The number of amides is 2. The number of rotatable bonds is 7. The van der Waals surface area contributed by atoms with E-state index in [9.17, 15) is 9.59 Å². The highest BCUT2D eigenvalue weighted by Crippen LogP contribution is 2.35. The number of aryl methyl sites for hydroxylation is 1. The molecule has 0 radical (unpaired) electrons. The Labute approximate surface area is 179 Å². The zero-order valence-electron chi connectivity index (χ0n) is 17.6. The average Bonchev–Trinajstić information content (AvgIpc) is 2.79. The van der Waals surface area contributed by atoms with Gasteiger partial charge >= 0.3 is 0 Å². The van der Waals surface area contributed by atoms with Crippen LogP contribution in [-0.4, -0.2) is 39.7 Å². The summed E-state index contributed by atoms with van der Waals surface area (Å²) in [5.74, 6) is 0.409. The lowest BCUT2D eigenvalue weighted by Crippen LogP contribution is -2.38. The maximum Gasteiger partial charge on any atom is 0.223 e. The summed E-state index contributed by atoms with van der Waals surface area (Å²) in [5.41, 5.74) is 3.70. The fourth-order valence-corrected chi connectivity index (χ4v) is 4.78. The van der Waals surface area contributed by atoms with E-state index in [2.05, 4.69) is 29.2 Å². The number of nitrogens with zero attached hydrogens (tertiary/aromatic N) is 3.